The van der Waals surface area contributed by atoms with E-state index in [2.05, 4.69) is 45.1 Å². The molecule has 1 rings (SSSR count). The molecule has 0 aromatic carbocycles. The highest BCUT2D eigenvalue weighted by Gasteiger charge is 2.23. The van der Waals surface area contributed by atoms with Crippen LogP contribution in [0.3, 0.4) is 0 Å². The van der Waals surface area contributed by atoms with E-state index in [-0.39, 0.29) is 12.0 Å². The van der Waals surface area contributed by atoms with Crippen molar-refractivity contribution in [2.75, 3.05) is 6.61 Å². The molecule has 0 heterocycles. The van der Waals surface area contributed by atoms with Gasteiger partial charge in [0.15, 0.2) is 0 Å². The van der Waals surface area contributed by atoms with E-state index in [4.69, 9.17) is 0 Å². The first-order valence-corrected chi connectivity index (χ1v) is 8.59. The van der Waals surface area contributed by atoms with E-state index < -0.39 is 5.60 Å². The van der Waals surface area contributed by atoms with E-state index in [1.807, 2.05) is 6.92 Å². The minimum atomic E-state index is -0.637. The third-order valence-corrected chi connectivity index (χ3v) is 4.62. The van der Waals surface area contributed by atoms with Crippen LogP contribution in [0.1, 0.15) is 72.6 Å². The van der Waals surface area contributed by atoms with Gasteiger partial charge in [0, 0.05) is 0 Å². The lowest BCUT2D eigenvalue weighted by Crippen LogP contribution is -2.23. The molecule has 0 saturated carbocycles. The van der Waals surface area contributed by atoms with Crippen LogP contribution in [0, 0.1) is 5.41 Å². The van der Waals surface area contributed by atoms with Crippen LogP contribution in [0.2, 0.25) is 0 Å². The molecule has 0 aromatic rings. The summed E-state index contributed by atoms with van der Waals surface area (Å²) in [5.41, 5.74) is 1.92. The van der Waals surface area contributed by atoms with Gasteiger partial charge in [-0.2, -0.15) is 0 Å². The maximum atomic E-state index is 10.4. The Balaban J connectivity index is 2.89. The Hall–Kier alpha value is -0.860. The van der Waals surface area contributed by atoms with Gasteiger partial charge in [0.2, 0.25) is 0 Å². The molecular formula is C20H34O2. The molecule has 2 N–H and O–H groups in total. The predicted octanol–water partition coefficient (Wildman–Crippen LogP) is 4.93. The first-order valence-electron chi connectivity index (χ1n) is 8.59. The largest absolute Gasteiger partial charge is 0.392 e. The van der Waals surface area contributed by atoms with Crippen LogP contribution in [0.25, 0.3) is 0 Å². The van der Waals surface area contributed by atoms with E-state index in [9.17, 15) is 10.2 Å². The lowest BCUT2D eigenvalue weighted by atomic mass is 9.80. The van der Waals surface area contributed by atoms with E-state index in [1.54, 1.807) is 0 Å². The molecule has 0 bridgehead atoms. The van der Waals surface area contributed by atoms with Crippen LogP contribution in [0.15, 0.2) is 35.5 Å². The Bertz CT molecular complexity index is 425. The molecule has 0 amide bonds. The Labute approximate surface area is 136 Å². The Morgan fingerprint density at radius 3 is 2.64 bits per heavy atom. The molecule has 0 fully saturated rings. The monoisotopic (exact) mass is 306 g/mol. The molecule has 0 saturated heterocycles. The molecule has 0 aliphatic heterocycles. The molecule has 0 unspecified atom stereocenters. The average Bonchev–Trinajstić information content (AvgIpc) is 2.43. The van der Waals surface area contributed by atoms with Gasteiger partial charge in [-0.25, -0.2) is 0 Å². The number of rotatable bonds is 4. The van der Waals surface area contributed by atoms with Gasteiger partial charge in [-0.05, 0) is 76.7 Å². The minimum absolute atomic E-state index is 0.0901. The Morgan fingerprint density at radius 2 is 2.00 bits per heavy atom. The van der Waals surface area contributed by atoms with Crippen LogP contribution in [0.5, 0.6) is 0 Å². The third kappa shape index (κ3) is 7.42. The van der Waals surface area contributed by atoms with Crippen LogP contribution >= 0.6 is 0 Å². The summed E-state index contributed by atoms with van der Waals surface area (Å²) in [6.07, 6.45) is 15.4. The van der Waals surface area contributed by atoms with Gasteiger partial charge in [0.25, 0.3) is 0 Å². The molecule has 0 spiro atoms. The van der Waals surface area contributed by atoms with Crippen LogP contribution < -0.4 is 0 Å². The second-order valence-corrected chi connectivity index (χ2v) is 7.66. The second kappa shape index (κ2) is 8.69. The van der Waals surface area contributed by atoms with Crippen molar-refractivity contribution >= 4 is 0 Å². The second-order valence-electron chi connectivity index (χ2n) is 7.66. The quantitative estimate of drug-likeness (QED) is 0.723. The molecule has 0 radical (unpaired) electrons. The smallest absolute Gasteiger partial charge is 0.0654 e. The normalized spacial score (nSPS) is 34.2. The Kier molecular flexibility index (Phi) is 7.58. The summed E-state index contributed by atoms with van der Waals surface area (Å²) in [4.78, 5) is 0. The minimum Gasteiger partial charge on any atom is -0.392 e. The molecule has 126 valence electrons. The van der Waals surface area contributed by atoms with Gasteiger partial charge < -0.3 is 10.2 Å². The molecule has 2 atom stereocenters. The zero-order chi connectivity index (χ0) is 16.6. The molecule has 1 aliphatic rings. The fourth-order valence-corrected chi connectivity index (χ4v) is 2.96. The van der Waals surface area contributed by atoms with Gasteiger partial charge in [0.1, 0.15) is 0 Å². The number of aliphatic hydroxyl groups is 2. The van der Waals surface area contributed by atoms with Gasteiger partial charge in [-0.15, -0.1) is 0 Å². The summed E-state index contributed by atoms with van der Waals surface area (Å²) < 4.78 is 0. The molecular weight excluding hydrogens is 272 g/mol. The molecule has 2 heteroatoms. The Morgan fingerprint density at radius 1 is 1.27 bits per heavy atom. The van der Waals surface area contributed by atoms with E-state index in [1.165, 1.54) is 5.57 Å². The topological polar surface area (TPSA) is 40.5 Å². The average molecular weight is 306 g/mol. The molecule has 2 nitrogen and oxygen atoms in total. The van der Waals surface area contributed by atoms with E-state index >= 15 is 0 Å². The van der Waals surface area contributed by atoms with Crippen LogP contribution in [-0.4, -0.2) is 22.4 Å². The third-order valence-electron chi connectivity index (χ3n) is 4.62. The van der Waals surface area contributed by atoms with Gasteiger partial charge in [-0.3, -0.25) is 0 Å². The summed E-state index contributed by atoms with van der Waals surface area (Å²) in [7, 11) is 0. The summed E-state index contributed by atoms with van der Waals surface area (Å²) in [5.74, 6) is 0. The maximum Gasteiger partial charge on any atom is 0.0654 e. The van der Waals surface area contributed by atoms with Gasteiger partial charge in [-0.1, -0.05) is 36.8 Å². The van der Waals surface area contributed by atoms with Gasteiger partial charge in [0.05, 0.1) is 12.2 Å². The zero-order valence-corrected chi connectivity index (χ0v) is 14.9. The lowest BCUT2D eigenvalue weighted by molar-refractivity contribution is 0.0517. The first kappa shape index (κ1) is 19.2. The summed E-state index contributed by atoms with van der Waals surface area (Å²) in [6.45, 7) is 8.60. The molecule has 1 aliphatic carbocycles. The van der Waals surface area contributed by atoms with E-state index in [0.717, 1.165) is 44.1 Å². The highest BCUT2D eigenvalue weighted by atomic mass is 16.3. The summed E-state index contributed by atoms with van der Waals surface area (Å²) in [5, 5.41) is 20.0. The standard InChI is InChI=1S/C20H34O2/c1-17(2)8-5-11-19(3)12-7-14-20(4,22)13-6-9-18(16-21)10-15-19/h7-8,10,12,21-22H,5-6,9,11,13-16H2,1-4H3/b12-7+,18-10+/t19-,20-/m1/s1. The van der Waals surface area contributed by atoms with E-state index in [0.29, 0.717) is 6.42 Å². The molecule has 0 aromatic heterocycles. The van der Waals surface area contributed by atoms with Crippen molar-refractivity contribution in [3.63, 3.8) is 0 Å². The lowest BCUT2D eigenvalue weighted by Gasteiger charge is -2.25. The summed E-state index contributed by atoms with van der Waals surface area (Å²) in [6, 6.07) is 0. The first-order chi connectivity index (χ1) is 10.3. The highest BCUT2D eigenvalue weighted by Crippen LogP contribution is 2.33. The number of hydrogen-bond acceptors (Lipinski definition) is 2. The highest BCUT2D eigenvalue weighted by molar-refractivity contribution is 5.10. The summed E-state index contributed by atoms with van der Waals surface area (Å²) >= 11 is 0. The number of hydrogen-bond donors (Lipinski definition) is 2. The van der Waals surface area contributed by atoms with Crippen LogP contribution in [0.4, 0.5) is 0 Å². The van der Waals surface area contributed by atoms with Crippen molar-refractivity contribution in [1.82, 2.24) is 0 Å². The number of aliphatic hydroxyl groups excluding tert-OH is 1. The van der Waals surface area contributed by atoms with Gasteiger partial charge >= 0.3 is 0 Å². The SMILES string of the molecule is CC(C)=CCC[C@]1(C)/C=C/C[C@](C)(O)CCC/C(CO)=C\C1. The number of allylic oxidation sites excluding steroid dienone is 4. The van der Waals surface area contributed by atoms with Crippen LogP contribution in [-0.2, 0) is 0 Å². The van der Waals surface area contributed by atoms with Crippen molar-refractivity contribution < 1.29 is 10.2 Å². The fourth-order valence-electron chi connectivity index (χ4n) is 2.96. The zero-order valence-electron chi connectivity index (χ0n) is 14.9. The van der Waals surface area contributed by atoms with Crippen molar-refractivity contribution in [3.05, 3.63) is 35.5 Å². The fraction of sp³-hybridized carbons (Fsp3) is 0.700. The van der Waals surface area contributed by atoms with Crippen molar-refractivity contribution in [3.8, 4) is 0 Å². The molecule has 22 heavy (non-hydrogen) atoms. The predicted molar refractivity (Wildman–Crippen MR) is 94.8 cm³/mol. The maximum absolute atomic E-state index is 10.4. The van der Waals surface area contributed by atoms with Crippen molar-refractivity contribution in [2.24, 2.45) is 5.41 Å². The van der Waals surface area contributed by atoms with Crippen molar-refractivity contribution in [1.29, 1.82) is 0 Å². The van der Waals surface area contributed by atoms with Crippen molar-refractivity contribution in [2.45, 2.75) is 78.2 Å².